The Kier molecular flexibility index (Phi) is 2.69. The van der Waals surface area contributed by atoms with Crippen molar-refractivity contribution in [2.75, 3.05) is 7.05 Å². The molecule has 62 valence electrons. The summed E-state index contributed by atoms with van der Waals surface area (Å²) in [6.07, 6.45) is 5.83. The van der Waals surface area contributed by atoms with E-state index in [1.54, 1.807) is 4.90 Å². The molecule has 1 aliphatic heterocycles. The Labute approximate surface area is 67.9 Å². The van der Waals surface area contributed by atoms with Crippen LogP contribution >= 0.6 is 0 Å². The van der Waals surface area contributed by atoms with Crippen LogP contribution in [0.1, 0.15) is 25.7 Å². The van der Waals surface area contributed by atoms with Crippen molar-refractivity contribution in [3.8, 4) is 0 Å². The highest BCUT2D eigenvalue weighted by atomic mass is 16.2. The van der Waals surface area contributed by atoms with Gasteiger partial charge in [-0.3, -0.25) is 4.79 Å². The minimum absolute atomic E-state index is 0.257. The lowest BCUT2D eigenvalue weighted by Crippen LogP contribution is -2.33. The van der Waals surface area contributed by atoms with Crippen LogP contribution in [0.4, 0.5) is 0 Å². The molecule has 0 aliphatic carbocycles. The molecule has 0 spiro atoms. The summed E-state index contributed by atoms with van der Waals surface area (Å²) in [6.45, 7) is 3.72. The molecule has 0 N–H and O–H groups in total. The van der Waals surface area contributed by atoms with Crippen molar-refractivity contribution in [3.05, 3.63) is 12.7 Å². The van der Waals surface area contributed by atoms with Crippen molar-refractivity contribution in [2.24, 2.45) is 0 Å². The van der Waals surface area contributed by atoms with Crippen LogP contribution in [0.25, 0.3) is 0 Å². The maximum Gasteiger partial charge on any atom is 0.222 e. The topological polar surface area (TPSA) is 20.3 Å². The highest BCUT2D eigenvalue weighted by Gasteiger charge is 2.19. The van der Waals surface area contributed by atoms with Crippen LogP contribution in [-0.2, 0) is 4.79 Å². The molecule has 0 bridgehead atoms. The Morgan fingerprint density at radius 3 is 3.00 bits per heavy atom. The summed E-state index contributed by atoms with van der Waals surface area (Å²) in [4.78, 5) is 13.1. The molecule has 1 fully saturated rings. The fourth-order valence-corrected chi connectivity index (χ4v) is 1.46. The highest BCUT2D eigenvalue weighted by molar-refractivity contribution is 5.76. The van der Waals surface area contributed by atoms with E-state index in [4.69, 9.17) is 0 Å². The van der Waals surface area contributed by atoms with E-state index in [0.717, 1.165) is 19.3 Å². The molecule has 1 saturated heterocycles. The van der Waals surface area contributed by atoms with E-state index in [9.17, 15) is 4.79 Å². The second-order valence-electron chi connectivity index (χ2n) is 3.05. The molecule has 1 unspecified atom stereocenters. The zero-order valence-electron chi connectivity index (χ0n) is 7.05. The standard InChI is InChI=1S/C9H15NO/c1-3-8-6-4-5-7-9(11)10(8)2/h3,8H,1,4-7H2,2H3. The molecule has 0 saturated carbocycles. The van der Waals surface area contributed by atoms with Gasteiger partial charge in [-0.1, -0.05) is 12.5 Å². The number of carbonyl (C=O) groups excluding carboxylic acids is 1. The lowest BCUT2D eigenvalue weighted by Gasteiger charge is -2.22. The maximum atomic E-state index is 11.3. The van der Waals surface area contributed by atoms with E-state index in [-0.39, 0.29) is 11.9 Å². The first-order chi connectivity index (χ1) is 5.25. The monoisotopic (exact) mass is 153 g/mol. The first-order valence-corrected chi connectivity index (χ1v) is 4.14. The van der Waals surface area contributed by atoms with Gasteiger partial charge >= 0.3 is 0 Å². The lowest BCUT2D eigenvalue weighted by atomic mass is 10.1. The molecular weight excluding hydrogens is 138 g/mol. The Morgan fingerprint density at radius 1 is 1.64 bits per heavy atom. The molecule has 1 heterocycles. The average molecular weight is 153 g/mol. The Bertz CT molecular complexity index is 165. The molecule has 0 aromatic carbocycles. The van der Waals surface area contributed by atoms with Crippen LogP contribution < -0.4 is 0 Å². The molecule has 1 amide bonds. The third-order valence-electron chi connectivity index (χ3n) is 2.30. The smallest absolute Gasteiger partial charge is 0.222 e. The third-order valence-corrected chi connectivity index (χ3v) is 2.30. The second kappa shape index (κ2) is 3.56. The van der Waals surface area contributed by atoms with E-state index >= 15 is 0 Å². The van der Waals surface area contributed by atoms with Crippen LogP contribution in [0.5, 0.6) is 0 Å². The van der Waals surface area contributed by atoms with Gasteiger partial charge in [-0.2, -0.15) is 0 Å². The van der Waals surface area contributed by atoms with Gasteiger partial charge in [-0.05, 0) is 12.8 Å². The van der Waals surface area contributed by atoms with Gasteiger partial charge in [0.2, 0.25) is 5.91 Å². The molecule has 1 atom stereocenters. The summed E-state index contributed by atoms with van der Waals surface area (Å²) in [5, 5.41) is 0. The Balaban J connectivity index is 2.63. The highest BCUT2D eigenvalue weighted by Crippen LogP contribution is 2.16. The van der Waals surface area contributed by atoms with Gasteiger partial charge in [0, 0.05) is 19.5 Å². The van der Waals surface area contributed by atoms with Crippen molar-refractivity contribution < 1.29 is 4.79 Å². The Hall–Kier alpha value is -0.790. The van der Waals surface area contributed by atoms with Crippen LogP contribution in [0.2, 0.25) is 0 Å². The SMILES string of the molecule is C=CC1CCCCC(=O)N1C. The summed E-state index contributed by atoms with van der Waals surface area (Å²) in [5.41, 5.74) is 0. The number of likely N-dealkylation sites (N-methyl/N-ethyl adjacent to an activating group) is 1. The molecular formula is C9H15NO. The largest absolute Gasteiger partial charge is 0.339 e. The molecule has 0 aromatic heterocycles. The summed E-state index contributed by atoms with van der Waals surface area (Å²) >= 11 is 0. The quantitative estimate of drug-likeness (QED) is 0.524. The van der Waals surface area contributed by atoms with Crippen molar-refractivity contribution in [3.63, 3.8) is 0 Å². The van der Waals surface area contributed by atoms with Crippen LogP contribution in [0.15, 0.2) is 12.7 Å². The van der Waals surface area contributed by atoms with E-state index in [2.05, 4.69) is 6.58 Å². The van der Waals surface area contributed by atoms with Gasteiger partial charge in [0.25, 0.3) is 0 Å². The fourth-order valence-electron chi connectivity index (χ4n) is 1.46. The van der Waals surface area contributed by atoms with Crippen LogP contribution in [-0.4, -0.2) is 23.9 Å². The number of carbonyl (C=O) groups is 1. The number of amides is 1. The first kappa shape index (κ1) is 8.31. The summed E-state index contributed by atoms with van der Waals surface area (Å²) in [7, 11) is 1.86. The van der Waals surface area contributed by atoms with Gasteiger partial charge < -0.3 is 4.90 Å². The summed E-state index contributed by atoms with van der Waals surface area (Å²) < 4.78 is 0. The van der Waals surface area contributed by atoms with Crippen molar-refractivity contribution >= 4 is 5.91 Å². The molecule has 11 heavy (non-hydrogen) atoms. The number of nitrogens with zero attached hydrogens (tertiary/aromatic N) is 1. The van der Waals surface area contributed by atoms with Gasteiger partial charge in [-0.25, -0.2) is 0 Å². The van der Waals surface area contributed by atoms with Gasteiger partial charge in [0.05, 0.1) is 0 Å². The Morgan fingerprint density at radius 2 is 2.36 bits per heavy atom. The molecule has 1 aliphatic rings. The molecule has 2 nitrogen and oxygen atoms in total. The minimum Gasteiger partial charge on any atom is -0.339 e. The van der Waals surface area contributed by atoms with Crippen molar-refractivity contribution in [1.29, 1.82) is 0 Å². The third kappa shape index (κ3) is 1.82. The van der Waals surface area contributed by atoms with E-state index < -0.39 is 0 Å². The summed E-state index contributed by atoms with van der Waals surface area (Å²) in [5.74, 6) is 0.257. The normalized spacial score (nSPS) is 26.5. The van der Waals surface area contributed by atoms with Crippen molar-refractivity contribution in [2.45, 2.75) is 31.7 Å². The zero-order valence-corrected chi connectivity index (χ0v) is 7.05. The van der Waals surface area contributed by atoms with Gasteiger partial charge in [0.1, 0.15) is 0 Å². The number of rotatable bonds is 1. The number of hydrogen-bond acceptors (Lipinski definition) is 1. The average Bonchev–Trinajstić information content (AvgIpc) is 2.16. The van der Waals surface area contributed by atoms with E-state index in [1.807, 2.05) is 13.1 Å². The van der Waals surface area contributed by atoms with Gasteiger partial charge in [-0.15, -0.1) is 6.58 Å². The van der Waals surface area contributed by atoms with E-state index in [0.29, 0.717) is 6.42 Å². The van der Waals surface area contributed by atoms with E-state index in [1.165, 1.54) is 0 Å². The lowest BCUT2D eigenvalue weighted by molar-refractivity contribution is -0.130. The summed E-state index contributed by atoms with van der Waals surface area (Å²) in [6, 6.07) is 0.269. The predicted molar refractivity (Wildman–Crippen MR) is 45.2 cm³/mol. The molecule has 1 rings (SSSR count). The van der Waals surface area contributed by atoms with Crippen LogP contribution in [0, 0.1) is 0 Å². The zero-order chi connectivity index (χ0) is 8.27. The molecule has 2 heteroatoms. The van der Waals surface area contributed by atoms with Gasteiger partial charge in [0.15, 0.2) is 0 Å². The number of likely N-dealkylation sites (tertiary alicyclic amines) is 1. The van der Waals surface area contributed by atoms with Crippen LogP contribution in [0.3, 0.4) is 0 Å². The second-order valence-corrected chi connectivity index (χ2v) is 3.05. The molecule has 0 aromatic rings. The molecule has 0 radical (unpaired) electrons. The number of hydrogen-bond donors (Lipinski definition) is 0. The van der Waals surface area contributed by atoms with Crippen molar-refractivity contribution in [1.82, 2.24) is 4.90 Å². The maximum absolute atomic E-state index is 11.3. The fraction of sp³-hybridized carbons (Fsp3) is 0.667. The first-order valence-electron chi connectivity index (χ1n) is 4.14. The predicted octanol–water partition coefficient (Wildman–Crippen LogP) is 1.57. The minimum atomic E-state index is 0.257.